The van der Waals surface area contributed by atoms with E-state index in [1.165, 1.54) is 38.5 Å². The minimum absolute atomic E-state index is 0.251. The second kappa shape index (κ2) is 8.43. The van der Waals surface area contributed by atoms with Gasteiger partial charge in [-0.15, -0.1) is 0 Å². The first-order chi connectivity index (χ1) is 11.3. The van der Waals surface area contributed by atoms with Gasteiger partial charge in [0.2, 0.25) is 0 Å². The summed E-state index contributed by atoms with van der Waals surface area (Å²) >= 11 is 0. The van der Waals surface area contributed by atoms with Gasteiger partial charge < -0.3 is 13.9 Å². The van der Waals surface area contributed by atoms with Gasteiger partial charge in [0.15, 0.2) is 10.5 Å². The average molecular weight is 335 g/mol. The fraction of sp³-hybridized carbons (Fsp3) is 0.684. The molecule has 2 saturated carbocycles. The molecule has 0 aromatic heterocycles. The van der Waals surface area contributed by atoms with Crippen LogP contribution in [-0.4, -0.2) is 22.7 Å². The van der Waals surface area contributed by atoms with Gasteiger partial charge in [0, 0.05) is 5.56 Å². The predicted octanol–water partition coefficient (Wildman–Crippen LogP) is 3.79. The molecule has 128 valence electrons. The van der Waals surface area contributed by atoms with Gasteiger partial charge in [-0.1, -0.05) is 68.9 Å². The van der Waals surface area contributed by atoms with Gasteiger partial charge in [-0.25, -0.2) is 0 Å². The van der Waals surface area contributed by atoms with E-state index in [9.17, 15) is 0 Å². The van der Waals surface area contributed by atoms with Crippen LogP contribution in [0.5, 0.6) is 0 Å². The summed E-state index contributed by atoms with van der Waals surface area (Å²) in [5, 5.41) is 0. The molecule has 0 saturated heterocycles. The molecule has 0 spiro atoms. The van der Waals surface area contributed by atoms with Crippen LogP contribution in [0.4, 0.5) is 0 Å². The number of benzene rings is 1. The molecule has 0 aliphatic heterocycles. The minimum atomic E-state index is -0.989. The monoisotopic (exact) mass is 334 g/mol. The Morgan fingerprint density at radius 1 is 0.739 bits per heavy atom. The molecule has 0 unspecified atom stereocenters. The van der Waals surface area contributed by atoms with E-state index in [1.54, 1.807) is 0 Å². The van der Waals surface area contributed by atoms with Crippen molar-refractivity contribution in [3.8, 4) is 0 Å². The molecule has 0 amide bonds. The lowest BCUT2D eigenvalue weighted by Gasteiger charge is -2.40. The fourth-order valence-electron chi connectivity index (χ4n) is 3.83. The lowest BCUT2D eigenvalue weighted by atomic mass is 9.97. The minimum Gasteiger partial charge on any atom is -0.376 e. The first kappa shape index (κ1) is 17.2. The van der Waals surface area contributed by atoms with Crippen molar-refractivity contribution < 1.29 is 13.9 Å². The summed E-state index contributed by atoms with van der Waals surface area (Å²) < 4.78 is 19.0. The van der Waals surface area contributed by atoms with E-state index in [-0.39, 0.29) is 12.2 Å². The summed E-state index contributed by atoms with van der Waals surface area (Å²) in [6, 6.07) is 10.3. The Balaban J connectivity index is 1.80. The largest absolute Gasteiger partial charge is 0.376 e. The smallest absolute Gasteiger partial charge is 0.302 e. The van der Waals surface area contributed by atoms with Crippen molar-refractivity contribution in [3.63, 3.8) is 0 Å². The molecular weight excluding hydrogens is 304 g/mol. The van der Waals surface area contributed by atoms with Gasteiger partial charge >= 0.3 is 5.97 Å². The van der Waals surface area contributed by atoms with Crippen LogP contribution in [0.1, 0.15) is 69.8 Å². The SMILES string of the molecule is [SiH3]OC(OC1CCCCC1)(OC1CCCCC1)c1ccccc1. The lowest BCUT2D eigenvalue weighted by molar-refractivity contribution is -0.389. The normalized spacial score (nSPS) is 21.6. The van der Waals surface area contributed by atoms with Crippen molar-refractivity contribution in [2.75, 3.05) is 0 Å². The molecule has 0 radical (unpaired) electrons. The molecule has 2 aliphatic carbocycles. The molecule has 0 bridgehead atoms. The zero-order valence-electron chi connectivity index (χ0n) is 14.3. The Bertz CT molecular complexity index is 433. The quantitative estimate of drug-likeness (QED) is 0.585. The highest BCUT2D eigenvalue weighted by Crippen LogP contribution is 2.37. The van der Waals surface area contributed by atoms with E-state index >= 15 is 0 Å². The molecule has 2 fully saturated rings. The third-order valence-corrected chi connectivity index (χ3v) is 5.68. The highest BCUT2D eigenvalue weighted by Gasteiger charge is 2.40. The second-order valence-corrected chi connectivity index (χ2v) is 7.29. The van der Waals surface area contributed by atoms with Crippen molar-refractivity contribution in [1.29, 1.82) is 0 Å². The van der Waals surface area contributed by atoms with E-state index < -0.39 is 5.97 Å². The van der Waals surface area contributed by atoms with Gasteiger partial charge in [-0.3, -0.25) is 0 Å². The van der Waals surface area contributed by atoms with Gasteiger partial charge in [0.05, 0.1) is 12.2 Å². The summed E-state index contributed by atoms with van der Waals surface area (Å²) in [5.74, 6) is -0.989. The van der Waals surface area contributed by atoms with E-state index in [0.717, 1.165) is 31.2 Å². The van der Waals surface area contributed by atoms with Crippen LogP contribution in [0.3, 0.4) is 0 Å². The Kier molecular flexibility index (Phi) is 6.28. The van der Waals surface area contributed by atoms with E-state index in [2.05, 4.69) is 12.1 Å². The molecule has 2 aliphatic rings. The van der Waals surface area contributed by atoms with Crippen LogP contribution in [-0.2, 0) is 19.9 Å². The van der Waals surface area contributed by atoms with Crippen LogP contribution >= 0.6 is 0 Å². The molecule has 1 aromatic carbocycles. The topological polar surface area (TPSA) is 27.7 Å². The first-order valence-corrected chi connectivity index (χ1v) is 10.1. The average Bonchev–Trinajstić information content (AvgIpc) is 2.63. The van der Waals surface area contributed by atoms with Gasteiger partial charge in [0.25, 0.3) is 0 Å². The van der Waals surface area contributed by atoms with Gasteiger partial charge in [-0.05, 0) is 25.7 Å². The van der Waals surface area contributed by atoms with Crippen molar-refractivity contribution in [2.45, 2.75) is 82.4 Å². The molecular formula is C19H30O3Si. The van der Waals surface area contributed by atoms with Crippen LogP contribution in [0.25, 0.3) is 0 Å². The molecule has 23 heavy (non-hydrogen) atoms. The third kappa shape index (κ3) is 4.44. The molecule has 1 aromatic rings. The summed E-state index contributed by atoms with van der Waals surface area (Å²) in [5.41, 5.74) is 1.01. The maximum absolute atomic E-state index is 6.51. The van der Waals surface area contributed by atoms with Crippen LogP contribution in [0.15, 0.2) is 30.3 Å². The second-order valence-electron chi connectivity index (χ2n) is 6.88. The molecule has 0 atom stereocenters. The zero-order chi connectivity index (χ0) is 16.0. The highest BCUT2D eigenvalue weighted by atomic mass is 28.2. The number of rotatable bonds is 6. The fourth-order valence-corrected chi connectivity index (χ4v) is 4.25. The van der Waals surface area contributed by atoms with Crippen molar-refractivity contribution in [1.82, 2.24) is 0 Å². The Hall–Kier alpha value is -0.683. The number of ether oxygens (including phenoxy) is 2. The van der Waals surface area contributed by atoms with Gasteiger partial charge in [0.1, 0.15) is 0 Å². The number of hydrogen-bond donors (Lipinski definition) is 0. The standard InChI is InChI=1S/C19H30O3Si/c23-22-19(16-10-4-1-5-11-16,20-17-12-6-2-7-13-17)21-18-14-8-3-9-15-18/h1,4-5,10-11,17-18H,2-3,6-9,12-15H2,23H3. The summed E-state index contributed by atoms with van der Waals surface area (Å²) in [6.07, 6.45) is 12.6. The predicted molar refractivity (Wildman–Crippen MR) is 95.1 cm³/mol. The molecule has 3 nitrogen and oxygen atoms in total. The summed E-state index contributed by atoms with van der Waals surface area (Å²) in [4.78, 5) is 0. The molecule has 0 N–H and O–H groups in total. The lowest BCUT2D eigenvalue weighted by Crippen LogP contribution is -2.43. The van der Waals surface area contributed by atoms with E-state index in [0.29, 0.717) is 10.5 Å². The zero-order valence-corrected chi connectivity index (χ0v) is 16.3. The molecule has 0 heterocycles. The Labute approximate surface area is 143 Å². The molecule has 4 heteroatoms. The van der Waals surface area contributed by atoms with Crippen LogP contribution in [0.2, 0.25) is 0 Å². The Morgan fingerprint density at radius 2 is 1.22 bits per heavy atom. The summed E-state index contributed by atoms with van der Waals surface area (Å²) in [7, 11) is 0.591. The van der Waals surface area contributed by atoms with Gasteiger partial charge in [-0.2, -0.15) is 0 Å². The maximum atomic E-state index is 6.51. The van der Waals surface area contributed by atoms with Crippen LogP contribution < -0.4 is 0 Å². The third-order valence-electron chi connectivity index (χ3n) is 5.14. The first-order valence-electron chi connectivity index (χ1n) is 9.29. The van der Waals surface area contributed by atoms with Crippen molar-refractivity contribution >= 4 is 10.5 Å². The maximum Gasteiger partial charge on any atom is 0.302 e. The van der Waals surface area contributed by atoms with Crippen LogP contribution in [0, 0.1) is 0 Å². The molecule has 3 rings (SSSR count). The van der Waals surface area contributed by atoms with Crippen molar-refractivity contribution in [2.24, 2.45) is 0 Å². The number of hydrogen-bond acceptors (Lipinski definition) is 3. The van der Waals surface area contributed by atoms with Crippen molar-refractivity contribution in [3.05, 3.63) is 35.9 Å². The van der Waals surface area contributed by atoms with E-state index in [1.807, 2.05) is 18.2 Å². The summed E-state index contributed by atoms with van der Waals surface area (Å²) in [6.45, 7) is 0. The van der Waals surface area contributed by atoms with E-state index in [4.69, 9.17) is 13.9 Å². The highest BCUT2D eigenvalue weighted by molar-refractivity contribution is 5.98. The Morgan fingerprint density at radius 3 is 1.65 bits per heavy atom.